The van der Waals surface area contributed by atoms with E-state index in [1.807, 2.05) is 12.1 Å². The Balaban J connectivity index is 1.36. The summed E-state index contributed by atoms with van der Waals surface area (Å²) in [4.78, 5) is 0. The molecule has 36 heavy (non-hydrogen) atoms. The van der Waals surface area contributed by atoms with Gasteiger partial charge in [0, 0.05) is 5.56 Å². The predicted octanol–water partition coefficient (Wildman–Crippen LogP) is 8.92. The molecule has 2 aromatic carbocycles. The van der Waals surface area contributed by atoms with Crippen LogP contribution in [0.15, 0.2) is 48.6 Å². The molecule has 0 aromatic heterocycles. The van der Waals surface area contributed by atoms with Gasteiger partial charge in [-0.15, -0.1) is 13.2 Å². The topological polar surface area (TPSA) is 9.23 Å². The summed E-state index contributed by atoms with van der Waals surface area (Å²) in [5.41, 5.74) is 1.58. The summed E-state index contributed by atoms with van der Waals surface area (Å²) in [7, 11) is 0. The van der Waals surface area contributed by atoms with Gasteiger partial charge in [0.2, 0.25) is 5.82 Å². The first-order valence-corrected chi connectivity index (χ1v) is 12.7. The van der Waals surface area contributed by atoms with Crippen molar-refractivity contribution < 1.29 is 26.7 Å². The molecule has 2 saturated carbocycles. The molecule has 0 amide bonds. The summed E-state index contributed by atoms with van der Waals surface area (Å²) in [6.45, 7) is 2.08. The molecule has 0 spiro atoms. The van der Waals surface area contributed by atoms with Crippen LogP contribution in [0.4, 0.5) is 22.0 Å². The van der Waals surface area contributed by atoms with Crippen LogP contribution in [-0.2, 0) is 0 Å². The monoisotopic (exact) mass is 502 g/mol. The fraction of sp³-hybridized carbons (Fsp3) is 0.467. The zero-order valence-electron chi connectivity index (χ0n) is 20.4. The van der Waals surface area contributed by atoms with E-state index in [0.717, 1.165) is 29.9 Å². The van der Waals surface area contributed by atoms with Gasteiger partial charge < -0.3 is 4.74 Å². The molecule has 4 atom stereocenters. The van der Waals surface area contributed by atoms with Crippen LogP contribution in [0.5, 0.6) is 5.75 Å². The molecule has 0 saturated heterocycles. The maximum atomic E-state index is 14.2. The molecule has 0 heterocycles. The molecule has 4 rings (SSSR count). The zero-order chi connectivity index (χ0) is 25.7. The van der Waals surface area contributed by atoms with Gasteiger partial charge in [0.15, 0.2) is 11.6 Å². The van der Waals surface area contributed by atoms with Crippen molar-refractivity contribution in [2.45, 2.75) is 70.6 Å². The Hall–Kier alpha value is -2.81. The summed E-state index contributed by atoms with van der Waals surface area (Å²) >= 11 is 0. The summed E-state index contributed by atoms with van der Waals surface area (Å²) in [5.74, 6) is 3.93. The van der Waals surface area contributed by atoms with Gasteiger partial charge in [0.05, 0.1) is 5.56 Å². The molecule has 4 unspecified atom stereocenters. The largest absolute Gasteiger partial charge is 0.573 e. The first-order valence-electron chi connectivity index (χ1n) is 12.7. The number of ether oxygens (including phenoxy) is 1. The molecule has 0 aliphatic heterocycles. The van der Waals surface area contributed by atoms with E-state index in [2.05, 4.69) is 47.8 Å². The first-order chi connectivity index (χ1) is 17.2. The summed E-state index contributed by atoms with van der Waals surface area (Å²) < 4.78 is 68.5. The van der Waals surface area contributed by atoms with E-state index in [9.17, 15) is 22.0 Å². The molecule has 1 nitrogen and oxygen atoms in total. The number of hydrogen-bond acceptors (Lipinski definition) is 1. The number of halogens is 5. The molecular formula is C30H31F5O. The van der Waals surface area contributed by atoms with E-state index >= 15 is 0 Å². The molecule has 0 radical (unpaired) electrons. The SMILES string of the molecule is C/C=C/CCC1CCC2CC(c3ccc(C#Cc4ccc(OC(F)(F)F)c(F)c4F)cc3)CCC2C1. The van der Waals surface area contributed by atoms with E-state index < -0.39 is 23.7 Å². The molecule has 2 aliphatic carbocycles. The van der Waals surface area contributed by atoms with Gasteiger partial charge >= 0.3 is 6.36 Å². The van der Waals surface area contributed by atoms with Crippen molar-refractivity contribution in [2.75, 3.05) is 0 Å². The molecule has 2 aliphatic rings. The van der Waals surface area contributed by atoms with E-state index in [-0.39, 0.29) is 5.56 Å². The van der Waals surface area contributed by atoms with Crippen molar-refractivity contribution >= 4 is 0 Å². The smallest absolute Gasteiger partial charge is 0.403 e. The summed E-state index contributed by atoms with van der Waals surface area (Å²) in [6, 6.07) is 9.54. The van der Waals surface area contributed by atoms with E-state index in [1.165, 1.54) is 56.9 Å². The van der Waals surface area contributed by atoms with Crippen LogP contribution in [0.3, 0.4) is 0 Å². The number of fused-ring (bicyclic) bond motifs is 1. The van der Waals surface area contributed by atoms with Crippen molar-refractivity contribution in [3.05, 3.63) is 76.9 Å². The van der Waals surface area contributed by atoms with Crippen LogP contribution in [0.25, 0.3) is 0 Å². The number of alkyl halides is 3. The van der Waals surface area contributed by atoms with Crippen molar-refractivity contribution in [3.8, 4) is 17.6 Å². The van der Waals surface area contributed by atoms with Crippen LogP contribution < -0.4 is 4.74 Å². The number of hydrogen-bond donors (Lipinski definition) is 0. The van der Waals surface area contributed by atoms with Crippen molar-refractivity contribution in [3.63, 3.8) is 0 Å². The highest BCUT2D eigenvalue weighted by atomic mass is 19.4. The van der Waals surface area contributed by atoms with Gasteiger partial charge in [0.1, 0.15) is 0 Å². The van der Waals surface area contributed by atoms with Crippen molar-refractivity contribution in [1.29, 1.82) is 0 Å². The first kappa shape index (κ1) is 26.3. The van der Waals surface area contributed by atoms with Crippen LogP contribution >= 0.6 is 0 Å². The fourth-order valence-electron chi connectivity index (χ4n) is 5.86. The Bertz CT molecular complexity index is 1120. The van der Waals surface area contributed by atoms with E-state index in [0.29, 0.717) is 11.5 Å². The third kappa shape index (κ3) is 6.69. The Morgan fingerprint density at radius 2 is 1.61 bits per heavy atom. The number of benzene rings is 2. The van der Waals surface area contributed by atoms with Gasteiger partial charge in [-0.3, -0.25) is 0 Å². The second kappa shape index (κ2) is 11.5. The Morgan fingerprint density at radius 3 is 2.33 bits per heavy atom. The fourth-order valence-corrected chi connectivity index (χ4v) is 5.86. The molecule has 0 N–H and O–H groups in total. The highest BCUT2D eigenvalue weighted by molar-refractivity contribution is 5.46. The Kier molecular flexibility index (Phi) is 8.39. The highest BCUT2D eigenvalue weighted by Gasteiger charge is 2.36. The lowest BCUT2D eigenvalue weighted by molar-refractivity contribution is -0.275. The molecule has 2 aromatic rings. The van der Waals surface area contributed by atoms with Gasteiger partial charge in [-0.2, -0.15) is 4.39 Å². The zero-order valence-corrected chi connectivity index (χ0v) is 20.4. The lowest BCUT2D eigenvalue weighted by Crippen LogP contribution is -2.30. The standard InChI is InChI=1S/C30H31F5O/c1-2-3-4-5-21-9-13-26-19-25(15-14-24(26)18-21)22-10-6-20(7-11-22)8-12-23-16-17-27(29(32)28(23)31)36-30(33,34)35/h2-3,6-7,10-11,16-17,21,24-26H,4-5,9,13-15,18-19H2,1H3/b3-2+. The minimum atomic E-state index is -5.10. The van der Waals surface area contributed by atoms with Crippen molar-refractivity contribution in [2.24, 2.45) is 17.8 Å². The van der Waals surface area contributed by atoms with Gasteiger partial charge in [-0.25, -0.2) is 4.39 Å². The molecular weight excluding hydrogens is 471 g/mol. The third-order valence-corrected chi connectivity index (χ3v) is 7.70. The maximum absolute atomic E-state index is 14.2. The third-order valence-electron chi connectivity index (χ3n) is 7.70. The van der Waals surface area contributed by atoms with Crippen molar-refractivity contribution in [1.82, 2.24) is 0 Å². The van der Waals surface area contributed by atoms with Gasteiger partial charge in [-0.05, 0) is 105 Å². The second-order valence-electron chi connectivity index (χ2n) is 10.0. The average molecular weight is 503 g/mol. The minimum absolute atomic E-state index is 0.328. The number of rotatable bonds is 5. The Morgan fingerprint density at radius 1 is 0.889 bits per heavy atom. The predicted molar refractivity (Wildman–Crippen MR) is 130 cm³/mol. The summed E-state index contributed by atoms with van der Waals surface area (Å²) in [5, 5.41) is 0. The minimum Gasteiger partial charge on any atom is -0.403 e. The maximum Gasteiger partial charge on any atom is 0.573 e. The summed E-state index contributed by atoms with van der Waals surface area (Å²) in [6.07, 6.45) is 9.50. The van der Waals surface area contributed by atoms with E-state index in [1.54, 1.807) is 0 Å². The Labute approximate surface area is 209 Å². The second-order valence-corrected chi connectivity index (χ2v) is 10.0. The quantitative estimate of drug-likeness (QED) is 0.225. The van der Waals surface area contributed by atoms with Crippen LogP contribution in [-0.4, -0.2) is 6.36 Å². The number of allylic oxidation sites excluding steroid dienone is 2. The molecule has 2 fully saturated rings. The van der Waals surface area contributed by atoms with E-state index in [4.69, 9.17) is 0 Å². The van der Waals surface area contributed by atoms with Crippen LogP contribution in [0, 0.1) is 41.2 Å². The molecule has 6 heteroatoms. The van der Waals surface area contributed by atoms with Gasteiger partial charge in [0.25, 0.3) is 0 Å². The lowest BCUT2D eigenvalue weighted by atomic mass is 9.63. The van der Waals surface area contributed by atoms with Crippen LogP contribution in [0.2, 0.25) is 0 Å². The van der Waals surface area contributed by atoms with Crippen LogP contribution in [0.1, 0.15) is 80.9 Å². The molecule has 0 bridgehead atoms. The highest BCUT2D eigenvalue weighted by Crippen LogP contribution is 2.48. The van der Waals surface area contributed by atoms with Gasteiger partial charge in [-0.1, -0.05) is 42.5 Å². The lowest BCUT2D eigenvalue weighted by Gasteiger charge is -2.42. The normalized spacial score (nSPS) is 24.2. The molecule has 192 valence electrons. The average Bonchev–Trinajstić information content (AvgIpc) is 2.86.